The van der Waals surface area contributed by atoms with E-state index in [1.54, 1.807) is 0 Å². The molecule has 7 heteroatoms. The fourth-order valence-corrected chi connectivity index (χ4v) is 2.21. The molecule has 17 heavy (non-hydrogen) atoms. The van der Waals surface area contributed by atoms with E-state index in [1.807, 2.05) is 29.6 Å². The first-order chi connectivity index (χ1) is 8.15. The minimum absolute atomic E-state index is 0.287. The monoisotopic (exact) mass is 268 g/mol. The van der Waals surface area contributed by atoms with Gasteiger partial charge in [-0.25, -0.2) is 9.71 Å². The van der Waals surface area contributed by atoms with Crippen molar-refractivity contribution in [2.45, 2.75) is 6.54 Å². The van der Waals surface area contributed by atoms with Crippen LogP contribution in [0.25, 0.3) is 11.3 Å². The van der Waals surface area contributed by atoms with Crippen molar-refractivity contribution < 1.29 is 8.76 Å². The number of nitrogens with two attached hydrogens (primary N) is 1. The Bertz CT molecular complexity index is 525. The number of nitrogens with one attached hydrogen (secondary N) is 1. The molecule has 0 saturated heterocycles. The van der Waals surface area contributed by atoms with Gasteiger partial charge in [0.2, 0.25) is 0 Å². The van der Waals surface area contributed by atoms with Crippen LogP contribution in [-0.2, 0) is 17.8 Å². The maximum atomic E-state index is 10.3. The third-order valence-electron chi connectivity index (χ3n) is 2.17. The second-order valence-corrected chi connectivity index (χ2v) is 4.97. The van der Waals surface area contributed by atoms with Crippen LogP contribution in [0.3, 0.4) is 0 Å². The number of benzene rings is 1. The third-order valence-corrected chi connectivity index (χ3v) is 3.22. The molecule has 3 N–H and O–H groups in total. The quantitative estimate of drug-likeness (QED) is 0.817. The summed E-state index contributed by atoms with van der Waals surface area (Å²) in [4.78, 5) is 4.17. The first kappa shape index (κ1) is 12.2. The van der Waals surface area contributed by atoms with Crippen LogP contribution in [0.2, 0.25) is 0 Å². The molecule has 0 saturated carbocycles. The molecular formula is C10H10N3O2S2-. The van der Waals surface area contributed by atoms with Crippen molar-refractivity contribution in [2.75, 3.05) is 5.73 Å². The van der Waals surface area contributed by atoms with E-state index in [0.29, 0.717) is 5.13 Å². The molecule has 2 aromatic rings. The Hall–Kier alpha value is -1.28. The zero-order valence-corrected chi connectivity index (χ0v) is 10.4. The Morgan fingerprint density at radius 1 is 1.41 bits per heavy atom. The molecule has 0 fully saturated rings. The first-order valence-electron chi connectivity index (χ1n) is 4.78. The van der Waals surface area contributed by atoms with Crippen molar-refractivity contribution in [3.05, 3.63) is 35.2 Å². The molecule has 0 aliphatic rings. The molecule has 0 aliphatic carbocycles. The highest BCUT2D eigenvalue weighted by Crippen LogP contribution is 2.23. The molecule has 1 aromatic heterocycles. The average molecular weight is 268 g/mol. The van der Waals surface area contributed by atoms with E-state index < -0.39 is 11.3 Å². The summed E-state index contributed by atoms with van der Waals surface area (Å²) in [6, 6.07) is 7.48. The summed E-state index contributed by atoms with van der Waals surface area (Å²) in [5.74, 6) is 0. The van der Waals surface area contributed by atoms with E-state index in [0.717, 1.165) is 16.8 Å². The molecule has 1 aromatic carbocycles. The van der Waals surface area contributed by atoms with Gasteiger partial charge >= 0.3 is 0 Å². The number of anilines is 1. The van der Waals surface area contributed by atoms with E-state index >= 15 is 0 Å². The predicted octanol–water partition coefficient (Wildman–Crippen LogP) is 1.28. The molecule has 5 nitrogen and oxygen atoms in total. The predicted molar refractivity (Wildman–Crippen MR) is 67.7 cm³/mol. The lowest BCUT2D eigenvalue weighted by Gasteiger charge is -2.07. The zero-order chi connectivity index (χ0) is 12.3. The minimum Gasteiger partial charge on any atom is -0.760 e. The minimum atomic E-state index is -2.23. The molecule has 1 unspecified atom stereocenters. The number of nitrogens with zero attached hydrogens (tertiary/aromatic N) is 1. The molecule has 90 valence electrons. The fraction of sp³-hybridized carbons (Fsp3) is 0.100. The van der Waals surface area contributed by atoms with Crippen LogP contribution >= 0.6 is 11.3 Å². The van der Waals surface area contributed by atoms with E-state index in [4.69, 9.17) is 5.73 Å². The van der Waals surface area contributed by atoms with Gasteiger partial charge in [-0.1, -0.05) is 24.3 Å². The summed E-state index contributed by atoms with van der Waals surface area (Å²) in [6.45, 7) is 0.287. The standard InChI is InChI=1S/C10H11N3O2S2/c11-10-13-9(6-16-10)8-3-1-7(2-4-8)5-12-17(14)15/h1-4,6,12H,5H2,(H2,11,13)(H,14,15)/p-1. The maximum Gasteiger partial charge on any atom is 0.180 e. The van der Waals surface area contributed by atoms with Crippen LogP contribution in [0, 0.1) is 0 Å². The molecule has 0 bridgehead atoms. The van der Waals surface area contributed by atoms with Crippen molar-refractivity contribution in [3.8, 4) is 11.3 Å². The third kappa shape index (κ3) is 3.34. The number of thiazole rings is 1. The highest BCUT2D eigenvalue weighted by molar-refractivity contribution is 7.77. The van der Waals surface area contributed by atoms with Gasteiger partial charge in [0.25, 0.3) is 0 Å². The number of hydrogen-bond donors (Lipinski definition) is 2. The second kappa shape index (κ2) is 5.37. The molecule has 0 radical (unpaired) electrons. The lowest BCUT2D eigenvalue weighted by Crippen LogP contribution is -2.15. The van der Waals surface area contributed by atoms with E-state index in [2.05, 4.69) is 9.71 Å². The topological polar surface area (TPSA) is 91.1 Å². The lowest BCUT2D eigenvalue weighted by molar-refractivity contribution is 0.522. The van der Waals surface area contributed by atoms with Crippen LogP contribution < -0.4 is 10.5 Å². The molecular weight excluding hydrogens is 258 g/mol. The summed E-state index contributed by atoms with van der Waals surface area (Å²) in [6.07, 6.45) is 0. The molecule has 1 atom stereocenters. The van der Waals surface area contributed by atoms with Crippen LogP contribution in [0.4, 0.5) is 5.13 Å². The Balaban J connectivity index is 2.10. The van der Waals surface area contributed by atoms with Crippen molar-refractivity contribution in [2.24, 2.45) is 0 Å². The average Bonchev–Trinajstić information content (AvgIpc) is 2.74. The summed E-state index contributed by atoms with van der Waals surface area (Å²) in [5, 5.41) is 2.42. The number of rotatable bonds is 4. The Morgan fingerprint density at radius 2 is 2.12 bits per heavy atom. The summed E-state index contributed by atoms with van der Waals surface area (Å²) >= 11 is -0.841. The van der Waals surface area contributed by atoms with E-state index in [9.17, 15) is 8.76 Å². The maximum absolute atomic E-state index is 10.3. The van der Waals surface area contributed by atoms with Crippen LogP contribution in [0.15, 0.2) is 29.6 Å². The molecule has 0 amide bonds. The smallest absolute Gasteiger partial charge is 0.180 e. The van der Waals surface area contributed by atoms with Gasteiger partial charge in [-0.15, -0.1) is 11.3 Å². The molecule has 0 aliphatic heterocycles. The van der Waals surface area contributed by atoms with Gasteiger partial charge in [-0.3, -0.25) is 4.21 Å². The van der Waals surface area contributed by atoms with Crippen molar-refractivity contribution in [1.82, 2.24) is 9.71 Å². The SMILES string of the molecule is Nc1nc(-c2ccc(CNS(=O)[O-])cc2)cs1. The summed E-state index contributed by atoms with van der Waals surface area (Å²) in [7, 11) is 0. The number of nitrogen functional groups attached to an aromatic ring is 1. The van der Waals surface area contributed by atoms with E-state index in [1.165, 1.54) is 11.3 Å². The largest absolute Gasteiger partial charge is 0.760 e. The lowest BCUT2D eigenvalue weighted by atomic mass is 10.1. The van der Waals surface area contributed by atoms with Gasteiger partial charge in [0.1, 0.15) is 0 Å². The van der Waals surface area contributed by atoms with Gasteiger partial charge in [0.15, 0.2) is 5.13 Å². The highest BCUT2D eigenvalue weighted by Gasteiger charge is 2.02. The molecule has 0 spiro atoms. The number of hydrogen-bond acceptors (Lipinski definition) is 5. The Morgan fingerprint density at radius 3 is 2.65 bits per heavy atom. The van der Waals surface area contributed by atoms with Gasteiger partial charge in [0.05, 0.1) is 5.69 Å². The highest BCUT2D eigenvalue weighted by atomic mass is 32.2. The summed E-state index contributed by atoms with van der Waals surface area (Å²) < 4.78 is 23.0. The van der Waals surface area contributed by atoms with Crippen LogP contribution in [0.1, 0.15) is 5.56 Å². The van der Waals surface area contributed by atoms with Crippen molar-refractivity contribution in [1.29, 1.82) is 0 Å². The second-order valence-electron chi connectivity index (χ2n) is 3.32. The van der Waals surface area contributed by atoms with Gasteiger partial charge < -0.3 is 10.3 Å². The van der Waals surface area contributed by atoms with E-state index in [-0.39, 0.29) is 6.54 Å². The van der Waals surface area contributed by atoms with Crippen LogP contribution in [-0.4, -0.2) is 13.7 Å². The zero-order valence-electron chi connectivity index (χ0n) is 8.75. The number of aromatic nitrogens is 1. The summed E-state index contributed by atoms with van der Waals surface area (Å²) in [5.41, 5.74) is 8.24. The van der Waals surface area contributed by atoms with Crippen molar-refractivity contribution >= 4 is 27.7 Å². The molecule has 2 rings (SSSR count). The van der Waals surface area contributed by atoms with Gasteiger partial charge in [0, 0.05) is 28.8 Å². The normalized spacial score (nSPS) is 12.5. The fourth-order valence-electron chi connectivity index (χ4n) is 1.36. The molecule has 1 heterocycles. The van der Waals surface area contributed by atoms with Gasteiger partial charge in [-0.2, -0.15) is 0 Å². The Labute approximate surface area is 105 Å². The van der Waals surface area contributed by atoms with Gasteiger partial charge in [-0.05, 0) is 5.56 Å². The van der Waals surface area contributed by atoms with Crippen LogP contribution in [0.5, 0.6) is 0 Å². The van der Waals surface area contributed by atoms with Crippen molar-refractivity contribution in [3.63, 3.8) is 0 Å². The first-order valence-corrected chi connectivity index (χ1v) is 6.73. The Kier molecular flexibility index (Phi) is 3.85.